The summed E-state index contributed by atoms with van der Waals surface area (Å²) in [6.45, 7) is 3.90. The topological polar surface area (TPSA) is 52.7 Å². The van der Waals surface area contributed by atoms with Crippen LogP contribution in [0.2, 0.25) is 0 Å². The average Bonchev–Trinajstić information content (AvgIpc) is 2.86. The first-order valence-electron chi connectivity index (χ1n) is 7.97. The van der Waals surface area contributed by atoms with Crippen LogP contribution in [0.5, 0.6) is 0 Å². The molecule has 3 aliphatic rings. The Bertz CT molecular complexity index is 432. The fourth-order valence-electron chi connectivity index (χ4n) is 4.06. The molecule has 3 aliphatic heterocycles. The van der Waals surface area contributed by atoms with Crippen LogP contribution in [0, 0.1) is 0 Å². The summed E-state index contributed by atoms with van der Waals surface area (Å²) in [6, 6.07) is 1.95. The SMILES string of the molecule is CS(=O)(=O)N1CCC(NC2CCN3CCCC3C2)CC1. The lowest BCUT2D eigenvalue weighted by Gasteiger charge is -2.39. The predicted molar refractivity (Wildman–Crippen MR) is 80.2 cm³/mol. The Hall–Kier alpha value is -0.170. The molecule has 6 heteroatoms. The predicted octanol–water partition coefficient (Wildman–Crippen LogP) is 0.627. The molecule has 0 saturated carbocycles. The number of fused-ring (bicyclic) bond motifs is 1. The van der Waals surface area contributed by atoms with Gasteiger partial charge in [-0.2, -0.15) is 0 Å². The zero-order valence-electron chi connectivity index (χ0n) is 12.4. The Morgan fingerprint density at radius 2 is 1.65 bits per heavy atom. The van der Waals surface area contributed by atoms with Crippen LogP contribution < -0.4 is 5.32 Å². The number of nitrogens with zero attached hydrogens (tertiary/aromatic N) is 2. The second-order valence-corrected chi connectivity index (χ2v) is 8.64. The van der Waals surface area contributed by atoms with Crippen molar-refractivity contribution < 1.29 is 8.42 Å². The van der Waals surface area contributed by atoms with Gasteiger partial charge in [0.1, 0.15) is 0 Å². The van der Waals surface area contributed by atoms with Crippen molar-refractivity contribution in [3.63, 3.8) is 0 Å². The molecule has 0 bridgehead atoms. The van der Waals surface area contributed by atoms with E-state index >= 15 is 0 Å². The zero-order chi connectivity index (χ0) is 14.2. The summed E-state index contributed by atoms with van der Waals surface area (Å²) >= 11 is 0. The normalized spacial score (nSPS) is 34.2. The maximum atomic E-state index is 11.5. The van der Waals surface area contributed by atoms with Gasteiger partial charge in [-0.05, 0) is 51.6 Å². The van der Waals surface area contributed by atoms with Gasteiger partial charge in [-0.15, -0.1) is 0 Å². The third-order valence-corrected chi connectivity index (χ3v) is 6.52. The van der Waals surface area contributed by atoms with Gasteiger partial charge in [-0.1, -0.05) is 0 Å². The lowest BCUT2D eigenvalue weighted by molar-refractivity contribution is 0.152. The molecule has 3 rings (SSSR count). The minimum absolute atomic E-state index is 0.506. The van der Waals surface area contributed by atoms with E-state index in [4.69, 9.17) is 0 Å². The van der Waals surface area contributed by atoms with Gasteiger partial charge in [0.05, 0.1) is 6.26 Å². The third kappa shape index (κ3) is 3.35. The number of piperidine rings is 2. The minimum atomic E-state index is -3.00. The van der Waals surface area contributed by atoms with E-state index in [1.165, 1.54) is 45.0 Å². The van der Waals surface area contributed by atoms with E-state index < -0.39 is 10.0 Å². The highest BCUT2D eigenvalue weighted by atomic mass is 32.2. The van der Waals surface area contributed by atoms with Gasteiger partial charge in [0, 0.05) is 31.2 Å². The number of hydrogen-bond donors (Lipinski definition) is 1. The fraction of sp³-hybridized carbons (Fsp3) is 1.00. The van der Waals surface area contributed by atoms with E-state index in [1.54, 1.807) is 4.31 Å². The fourth-order valence-corrected chi connectivity index (χ4v) is 4.94. The second-order valence-electron chi connectivity index (χ2n) is 6.66. The summed E-state index contributed by atoms with van der Waals surface area (Å²) in [5, 5.41) is 3.79. The largest absolute Gasteiger partial charge is 0.311 e. The highest BCUT2D eigenvalue weighted by molar-refractivity contribution is 7.88. The van der Waals surface area contributed by atoms with Crippen LogP contribution in [0.3, 0.4) is 0 Å². The molecule has 3 saturated heterocycles. The summed E-state index contributed by atoms with van der Waals surface area (Å²) < 4.78 is 24.6. The molecule has 20 heavy (non-hydrogen) atoms. The van der Waals surface area contributed by atoms with Gasteiger partial charge in [-0.3, -0.25) is 0 Å². The maximum Gasteiger partial charge on any atom is 0.211 e. The molecule has 0 aromatic carbocycles. The zero-order valence-corrected chi connectivity index (χ0v) is 13.2. The summed E-state index contributed by atoms with van der Waals surface area (Å²) in [6.07, 6.45) is 8.50. The standard InChI is InChI=1S/C14H27N3O2S/c1-20(18,19)17-9-5-12(6-10-17)15-13-4-8-16-7-2-3-14(16)11-13/h12-15H,2-11H2,1H3. The minimum Gasteiger partial charge on any atom is -0.311 e. The Morgan fingerprint density at radius 1 is 0.950 bits per heavy atom. The second kappa shape index (κ2) is 5.91. The van der Waals surface area contributed by atoms with Crippen molar-refractivity contribution >= 4 is 10.0 Å². The summed E-state index contributed by atoms with van der Waals surface area (Å²) in [5.74, 6) is 0. The molecule has 3 fully saturated rings. The number of hydrogen-bond acceptors (Lipinski definition) is 4. The van der Waals surface area contributed by atoms with Crippen molar-refractivity contribution in [2.75, 3.05) is 32.4 Å². The lowest BCUT2D eigenvalue weighted by atomic mass is 9.95. The van der Waals surface area contributed by atoms with Crippen LogP contribution >= 0.6 is 0 Å². The van der Waals surface area contributed by atoms with Crippen LogP contribution in [-0.4, -0.2) is 68.2 Å². The van der Waals surface area contributed by atoms with Crippen LogP contribution in [0.1, 0.15) is 38.5 Å². The molecular weight excluding hydrogens is 274 g/mol. The molecule has 0 amide bonds. The quantitative estimate of drug-likeness (QED) is 0.830. The van der Waals surface area contributed by atoms with Crippen LogP contribution in [0.25, 0.3) is 0 Å². The van der Waals surface area contributed by atoms with Gasteiger partial charge >= 0.3 is 0 Å². The van der Waals surface area contributed by atoms with Gasteiger partial charge in [0.15, 0.2) is 0 Å². The molecule has 0 aliphatic carbocycles. The first-order valence-corrected chi connectivity index (χ1v) is 9.82. The maximum absolute atomic E-state index is 11.5. The smallest absolute Gasteiger partial charge is 0.211 e. The molecule has 0 spiro atoms. The van der Waals surface area contributed by atoms with E-state index in [0.29, 0.717) is 25.2 Å². The number of nitrogens with one attached hydrogen (secondary N) is 1. The van der Waals surface area contributed by atoms with E-state index in [-0.39, 0.29) is 0 Å². The molecule has 5 nitrogen and oxygen atoms in total. The van der Waals surface area contributed by atoms with E-state index in [2.05, 4.69) is 10.2 Å². The van der Waals surface area contributed by atoms with Crippen LogP contribution in [-0.2, 0) is 10.0 Å². The highest BCUT2D eigenvalue weighted by Gasteiger charge is 2.33. The monoisotopic (exact) mass is 301 g/mol. The molecule has 2 unspecified atom stereocenters. The van der Waals surface area contributed by atoms with Crippen LogP contribution in [0.4, 0.5) is 0 Å². The van der Waals surface area contributed by atoms with E-state index in [1.807, 2.05) is 0 Å². The third-order valence-electron chi connectivity index (χ3n) is 5.21. The average molecular weight is 301 g/mol. The Morgan fingerprint density at radius 3 is 2.35 bits per heavy atom. The van der Waals surface area contributed by atoms with Crippen molar-refractivity contribution in [2.24, 2.45) is 0 Å². The molecule has 116 valence electrons. The molecular formula is C14H27N3O2S. The molecule has 0 aromatic heterocycles. The molecule has 0 radical (unpaired) electrons. The van der Waals surface area contributed by atoms with Crippen molar-refractivity contribution in [3.8, 4) is 0 Å². The Kier molecular flexibility index (Phi) is 4.36. The molecule has 1 N–H and O–H groups in total. The Balaban J connectivity index is 1.46. The number of sulfonamides is 1. The lowest BCUT2D eigenvalue weighted by Crippen LogP contribution is -2.51. The summed E-state index contributed by atoms with van der Waals surface area (Å²) in [4.78, 5) is 2.64. The number of rotatable bonds is 3. The summed E-state index contributed by atoms with van der Waals surface area (Å²) in [7, 11) is -3.00. The van der Waals surface area contributed by atoms with Crippen molar-refractivity contribution in [1.82, 2.24) is 14.5 Å². The van der Waals surface area contributed by atoms with E-state index in [0.717, 1.165) is 18.9 Å². The van der Waals surface area contributed by atoms with E-state index in [9.17, 15) is 8.42 Å². The highest BCUT2D eigenvalue weighted by Crippen LogP contribution is 2.27. The van der Waals surface area contributed by atoms with Gasteiger partial charge in [0.2, 0.25) is 10.0 Å². The Labute approximate surface area is 122 Å². The van der Waals surface area contributed by atoms with Crippen LogP contribution in [0.15, 0.2) is 0 Å². The van der Waals surface area contributed by atoms with Crippen molar-refractivity contribution in [1.29, 1.82) is 0 Å². The first kappa shape index (κ1) is 14.8. The molecule has 3 heterocycles. The first-order chi connectivity index (χ1) is 9.52. The van der Waals surface area contributed by atoms with Gasteiger partial charge in [-0.25, -0.2) is 12.7 Å². The molecule has 2 atom stereocenters. The van der Waals surface area contributed by atoms with Gasteiger partial charge in [0.25, 0.3) is 0 Å². The van der Waals surface area contributed by atoms with Gasteiger partial charge < -0.3 is 10.2 Å². The van der Waals surface area contributed by atoms with Crippen molar-refractivity contribution in [3.05, 3.63) is 0 Å². The molecule has 0 aromatic rings. The van der Waals surface area contributed by atoms with Crippen molar-refractivity contribution in [2.45, 2.75) is 56.7 Å². The summed E-state index contributed by atoms with van der Waals surface area (Å²) in [5.41, 5.74) is 0.